The highest BCUT2D eigenvalue weighted by molar-refractivity contribution is 6.01. The molecular formula is C24H27F3N2O3. The molecule has 5 nitrogen and oxygen atoms in total. The van der Waals surface area contributed by atoms with E-state index in [-0.39, 0.29) is 17.7 Å². The van der Waals surface area contributed by atoms with Gasteiger partial charge < -0.3 is 20.1 Å². The highest BCUT2D eigenvalue weighted by atomic mass is 19.4. The summed E-state index contributed by atoms with van der Waals surface area (Å²) in [6.45, 7) is 1.20. The van der Waals surface area contributed by atoms with Crippen molar-refractivity contribution in [2.45, 2.75) is 37.0 Å². The van der Waals surface area contributed by atoms with Gasteiger partial charge in [-0.25, -0.2) is 0 Å². The van der Waals surface area contributed by atoms with E-state index in [1.807, 2.05) is 0 Å². The largest absolute Gasteiger partial charge is 0.497 e. The molecule has 1 amide bonds. The van der Waals surface area contributed by atoms with Crippen molar-refractivity contribution >= 4 is 11.6 Å². The number of hydrogen-bond acceptors (Lipinski definition) is 4. The monoisotopic (exact) mass is 448 g/mol. The van der Waals surface area contributed by atoms with Gasteiger partial charge in [0.1, 0.15) is 5.75 Å². The number of anilines is 1. The molecule has 0 aliphatic carbocycles. The lowest BCUT2D eigenvalue weighted by molar-refractivity contribution is -0.147. The Hall–Kier alpha value is -2.58. The Bertz CT molecular complexity index is 987. The van der Waals surface area contributed by atoms with Crippen LogP contribution in [0.3, 0.4) is 0 Å². The molecule has 0 radical (unpaired) electrons. The number of fused-ring (bicyclic) bond motifs is 1. The van der Waals surface area contributed by atoms with Gasteiger partial charge in [-0.2, -0.15) is 13.2 Å². The van der Waals surface area contributed by atoms with Crippen LogP contribution in [-0.2, 0) is 17.4 Å². The average molecular weight is 448 g/mol. The van der Waals surface area contributed by atoms with Gasteiger partial charge in [0.05, 0.1) is 12.7 Å². The summed E-state index contributed by atoms with van der Waals surface area (Å²) < 4.78 is 47.0. The molecule has 2 aliphatic rings. The fraction of sp³-hybridized carbons (Fsp3) is 0.458. The molecule has 32 heavy (non-hydrogen) atoms. The number of carbonyl (C=O) groups excluding carboxylic acids is 1. The highest BCUT2D eigenvalue weighted by Crippen LogP contribution is 2.48. The van der Waals surface area contributed by atoms with Crippen LogP contribution in [0.25, 0.3) is 0 Å². The van der Waals surface area contributed by atoms with Crippen molar-refractivity contribution in [2.24, 2.45) is 5.92 Å². The zero-order valence-electron chi connectivity index (χ0n) is 18.1. The Morgan fingerprint density at radius 2 is 1.91 bits per heavy atom. The molecule has 4 rings (SSSR count). The normalized spacial score (nSPS) is 26.4. The molecule has 1 fully saturated rings. The standard InChI is InChI=1S/C24H27F3N2O3/c1-29-21-7-3-6-19(24(25,26)27)18(21)13-20(15-8-10-17(32-2)11-9-15)23(31,22(29)30)16-5-4-12-28-14-16/h3,6-11,16,20,28,31H,4-5,12-14H2,1-2H3. The number of nitrogens with zero attached hydrogens (tertiary/aromatic N) is 1. The second-order valence-electron chi connectivity index (χ2n) is 8.56. The van der Waals surface area contributed by atoms with Crippen LogP contribution in [-0.4, -0.2) is 43.9 Å². The summed E-state index contributed by atoms with van der Waals surface area (Å²) in [7, 11) is 2.97. The van der Waals surface area contributed by atoms with Crippen LogP contribution in [0.5, 0.6) is 5.75 Å². The predicted molar refractivity (Wildman–Crippen MR) is 115 cm³/mol. The molecule has 0 spiro atoms. The van der Waals surface area contributed by atoms with Gasteiger partial charge in [0, 0.05) is 31.1 Å². The van der Waals surface area contributed by atoms with Gasteiger partial charge in [-0.3, -0.25) is 4.79 Å². The van der Waals surface area contributed by atoms with Crippen molar-refractivity contribution in [3.8, 4) is 5.75 Å². The Morgan fingerprint density at radius 3 is 2.50 bits per heavy atom. The zero-order valence-corrected chi connectivity index (χ0v) is 18.1. The number of hydrogen-bond donors (Lipinski definition) is 2. The lowest BCUT2D eigenvalue weighted by atomic mass is 9.68. The van der Waals surface area contributed by atoms with Crippen LogP contribution < -0.4 is 15.0 Å². The Morgan fingerprint density at radius 1 is 1.19 bits per heavy atom. The van der Waals surface area contributed by atoms with Crippen molar-refractivity contribution in [1.82, 2.24) is 5.32 Å². The van der Waals surface area contributed by atoms with Gasteiger partial charge in [-0.1, -0.05) is 18.2 Å². The number of halogens is 3. The molecule has 0 bridgehead atoms. The third-order valence-corrected chi connectivity index (χ3v) is 6.84. The molecule has 2 N–H and O–H groups in total. The smallest absolute Gasteiger partial charge is 0.416 e. The number of piperidine rings is 1. The van der Waals surface area contributed by atoms with Crippen LogP contribution >= 0.6 is 0 Å². The molecule has 2 aromatic carbocycles. The number of ether oxygens (including phenoxy) is 1. The van der Waals surface area contributed by atoms with Gasteiger partial charge in [0.2, 0.25) is 0 Å². The van der Waals surface area contributed by atoms with Crippen molar-refractivity contribution in [2.75, 3.05) is 32.1 Å². The van der Waals surface area contributed by atoms with Crippen LogP contribution in [0, 0.1) is 5.92 Å². The summed E-state index contributed by atoms with van der Waals surface area (Å²) in [6.07, 6.45) is -3.30. The van der Waals surface area contributed by atoms with E-state index in [2.05, 4.69) is 5.32 Å². The predicted octanol–water partition coefficient (Wildman–Crippen LogP) is 3.75. The van der Waals surface area contributed by atoms with E-state index < -0.39 is 35.1 Å². The summed E-state index contributed by atoms with van der Waals surface area (Å²) in [5, 5.41) is 15.3. The van der Waals surface area contributed by atoms with Gasteiger partial charge in [-0.15, -0.1) is 0 Å². The van der Waals surface area contributed by atoms with Crippen molar-refractivity contribution in [3.63, 3.8) is 0 Å². The van der Waals surface area contributed by atoms with Crippen molar-refractivity contribution < 1.29 is 27.8 Å². The maximum Gasteiger partial charge on any atom is 0.416 e. The van der Waals surface area contributed by atoms with E-state index in [9.17, 15) is 23.1 Å². The summed E-state index contributed by atoms with van der Waals surface area (Å²) in [5.41, 5.74) is -1.83. The number of nitrogens with one attached hydrogen (secondary N) is 1. The number of methoxy groups -OCH3 is 1. The number of benzene rings is 2. The summed E-state index contributed by atoms with van der Waals surface area (Å²) in [5.74, 6) is -1.27. The maximum atomic E-state index is 13.9. The van der Waals surface area contributed by atoms with E-state index in [4.69, 9.17) is 4.74 Å². The highest BCUT2D eigenvalue weighted by Gasteiger charge is 2.54. The Balaban J connectivity index is 1.92. The molecule has 2 aromatic rings. The zero-order chi connectivity index (χ0) is 23.1. The first-order valence-electron chi connectivity index (χ1n) is 10.7. The number of rotatable bonds is 3. The average Bonchev–Trinajstić information content (AvgIpc) is 2.88. The van der Waals surface area contributed by atoms with Crippen LogP contribution in [0.4, 0.5) is 18.9 Å². The topological polar surface area (TPSA) is 61.8 Å². The lowest BCUT2D eigenvalue weighted by Crippen LogP contribution is -2.59. The molecule has 3 atom stereocenters. The minimum atomic E-state index is -4.57. The molecule has 1 saturated heterocycles. The molecule has 2 heterocycles. The van der Waals surface area contributed by atoms with E-state index in [1.54, 1.807) is 24.3 Å². The van der Waals surface area contributed by atoms with Crippen LogP contribution in [0.1, 0.15) is 35.4 Å². The lowest BCUT2D eigenvalue weighted by Gasteiger charge is -2.43. The number of likely N-dealkylation sites (N-methyl/N-ethyl adjacent to an activating group) is 1. The summed E-state index contributed by atoms with van der Waals surface area (Å²) >= 11 is 0. The maximum absolute atomic E-state index is 13.9. The van der Waals surface area contributed by atoms with E-state index >= 15 is 0 Å². The van der Waals surface area contributed by atoms with Crippen LogP contribution in [0.15, 0.2) is 42.5 Å². The molecule has 0 saturated carbocycles. The van der Waals surface area contributed by atoms with Crippen molar-refractivity contribution in [3.05, 3.63) is 59.2 Å². The number of carbonyl (C=O) groups is 1. The van der Waals surface area contributed by atoms with E-state index in [0.29, 0.717) is 24.3 Å². The first kappa shape index (κ1) is 22.6. The third-order valence-electron chi connectivity index (χ3n) is 6.84. The van der Waals surface area contributed by atoms with E-state index in [1.165, 1.54) is 31.2 Å². The minimum Gasteiger partial charge on any atom is -0.497 e. The number of aliphatic hydroxyl groups is 1. The minimum absolute atomic E-state index is 0.0244. The summed E-state index contributed by atoms with van der Waals surface area (Å²) in [4.78, 5) is 14.9. The molecule has 8 heteroatoms. The van der Waals surface area contributed by atoms with Crippen molar-refractivity contribution in [1.29, 1.82) is 0 Å². The third kappa shape index (κ3) is 3.75. The van der Waals surface area contributed by atoms with Crippen LogP contribution in [0.2, 0.25) is 0 Å². The number of amides is 1. The molecule has 0 aromatic heterocycles. The molecule has 2 aliphatic heterocycles. The SMILES string of the molecule is COc1ccc(C2Cc3c(cccc3C(F)(F)F)N(C)C(=O)C2(O)C2CCCNC2)cc1. The second kappa shape index (κ2) is 8.41. The fourth-order valence-corrected chi connectivity index (χ4v) is 5.15. The van der Waals surface area contributed by atoms with Gasteiger partial charge in [-0.05, 0) is 61.2 Å². The van der Waals surface area contributed by atoms with E-state index in [0.717, 1.165) is 19.0 Å². The summed E-state index contributed by atoms with van der Waals surface area (Å²) in [6, 6.07) is 10.7. The fourth-order valence-electron chi connectivity index (χ4n) is 5.15. The molecular weight excluding hydrogens is 421 g/mol. The number of alkyl halides is 3. The Labute approximate surface area is 185 Å². The van der Waals surface area contributed by atoms with Gasteiger partial charge in [0.25, 0.3) is 5.91 Å². The quantitative estimate of drug-likeness (QED) is 0.751. The van der Waals surface area contributed by atoms with Gasteiger partial charge in [0.15, 0.2) is 5.60 Å². The first-order valence-corrected chi connectivity index (χ1v) is 10.7. The second-order valence-corrected chi connectivity index (χ2v) is 8.56. The molecule has 3 unspecified atom stereocenters. The Kier molecular flexibility index (Phi) is 5.94. The molecule has 172 valence electrons. The first-order chi connectivity index (χ1) is 15.2. The van der Waals surface area contributed by atoms with Gasteiger partial charge >= 0.3 is 6.18 Å².